The van der Waals surface area contributed by atoms with Crippen LogP contribution in [0.25, 0.3) is 0 Å². The molecule has 0 aliphatic carbocycles. The molecule has 1 unspecified atom stereocenters. The number of carboxylic acid groups (broad SMARTS) is 1. The van der Waals surface area contributed by atoms with E-state index in [0.29, 0.717) is 12.8 Å². The van der Waals surface area contributed by atoms with Crippen molar-refractivity contribution in [3.05, 3.63) is 28.7 Å². The molecule has 0 spiro atoms. The summed E-state index contributed by atoms with van der Waals surface area (Å²) in [7, 11) is 0. The van der Waals surface area contributed by atoms with Gasteiger partial charge in [-0.2, -0.15) is 0 Å². The standard InChI is InChI=1S/C15H21BrN2O2/c1-2-18-10-5-8-15(9-11-18,14(19)20)17-13-7-4-3-6-12(13)16/h3-4,6-7,17H,2,5,8-11H2,1H3,(H,19,20). The van der Waals surface area contributed by atoms with E-state index in [9.17, 15) is 9.90 Å². The molecule has 2 N–H and O–H groups in total. The van der Waals surface area contributed by atoms with E-state index in [1.807, 2.05) is 24.3 Å². The molecule has 2 rings (SSSR count). The maximum atomic E-state index is 11.8. The first kappa shape index (κ1) is 15.3. The van der Waals surface area contributed by atoms with Crippen molar-refractivity contribution in [2.75, 3.05) is 25.0 Å². The van der Waals surface area contributed by atoms with E-state index < -0.39 is 11.5 Å². The predicted molar refractivity (Wildman–Crippen MR) is 84.1 cm³/mol. The zero-order chi connectivity index (χ0) is 14.6. The number of rotatable bonds is 4. The van der Waals surface area contributed by atoms with Gasteiger partial charge in [0, 0.05) is 16.7 Å². The Morgan fingerprint density at radius 3 is 2.80 bits per heavy atom. The highest BCUT2D eigenvalue weighted by Crippen LogP contribution is 2.31. The van der Waals surface area contributed by atoms with Crippen LogP contribution >= 0.6 is 15.9 Å². The minimum Gasteiger partial charge on any atom is -0.480 e. The lowest BCUT2D eigenvalue weighted by atomic mass is 9.90. The predicted octanol–water partition coefficient (Wildman–Crippen LogP) is 3.19. The largest absolute Gasteiger partial charge is 0.480 e. The molecule has 1 aromatic carbocycles. The first-order valence-corrected chi connectivity index (χ1v) is 7.85. The average Bonchev–Trinajstić information content (AvgIpc) is 2.65. The van der Waals surface area contributed by atoms with E-state index in [1.54, 1.807) is 0 Å². The lowest BCUT2D eigenvalue weighted by Gasteiger charge is -2.31. The van der Waals surface area contributed by atoms with Gasteiger partial charge in [0.2, 0.25) is 0 Å². The van der Waals surface area contributed by atoms with E-state index in [4.69, 9.17) is 0 Å². The summed E-state index contributed by atoms with van der Waals surface area (Å²) in [5.41, 5.74) is -0.0202. The molecule has 1 aliphatic rings. The van der Waals surface area contributed by atoms with Crippen LogP contribution in [0.4, 0.5) is 5.69 Å². The Kier molecular flexibility index (Phi) is 5.05. The molecule has 0 radical (unpaired) electrons. The molecule has 1 heterocycles. The Morgan fingerprint density at radius 2 is 2.15 bits per heavy atom. The summed E-state index contributed by atoms with van der Waals surface area (Å²) in [5.74, 6) is -0.758. The number of nitrogens with one attached hydrogen (secondary N) is 1. The zero-order valence-electron chi connectivity index (χ0n) is 11.7. The SMILES string of the molecule is CCN1CCCC(Nc2ccccc2Br)(C(=O)O)CC1. The number of hydrogen-bond donors (Lipinski definition) is 2. The summed E-state index contributed by atoms with van der Waals surface area (Å²) in [4.78, 5) is 14.2. The van der Waals surface area contributed by atoms with Crippen molar-refractivity contribution in [2.45, 2.75) is 31.7 Å². The highest BCUT2D eigenvalue weighted by molar-refractivity contribution is 9.10. The van der Waals surface area contributed by atoms with Gasteiger partial charge in [0.1, 0.15) is 5.54 Å². The number of para-hydroxylation sites is 1. The number of likely N-dealkylation sites (tertiary alicyclic amines) is 1. The van der Waals surface area contributed by atoms with Crippen molar-refractivity contribution >= 4 is 27.6 Å². The molecule has 4 nitrogen and oxygen atoms in total. The Balaban J connectivity index is 2.22. The third kappa shape index (κ3) is 3.33. The zero-order valence-corrected chi connectivity index (χ0v) is 13.3. The first-order chi connectivity index (χ1) is 9.57. The van der Waals surface area contributed by atoms with Crippen LogP contribution in [0.15, 0.2) is 28.7 Å². The molecule has 1 aromatic rings. The van der Waals surface area contributed by atoms with E-state index in [1.165, 1.54) is 0 Å². The van der Waals surface area contributed by atoms with Crippen molar-refractivity contribution in [3.8, 4) is 0 Å². The molecular weight excluding hydrogens is 320 g/mol. The highest BCUT2D eigenvalue weighted by Gasteiger charge is 2.40. The second kappa shape index (κ2) is 6.59. The number of hydrogen-bond acceptors (Lipinski definition) is 3. The molecule has 0 saturated carbocycles. The number of benzene rings is 1. The molecule has 0 aromatic heterocycles. The Labute approximate surface area is 128 Å². The minimum atomic E-state index is -0.867. The molecule has 1 atom stereocenters. The smallest absolute Gasteiger partial charge is 0.329 e. The third-order valence-corrected chi connectivity index (χ3v) is 4.73. The normalized spacial score (nSPS) is 24.1. The summed E-state index contributed by atoms with van der Waals surface area (Å²) < 4.78 is 0.900. The maximum absolute atomic E-state index is 11.8. The number of halogens is 1. The highest BCUT2D eigenvalue weighted by atomic mass is 79.9. The van der Waals surface area contributed by atoms with Crippen LogP contribution < -0.4 is 5.32 Å². The van der Waals surface area contributed by atoms with Crippen molar-refractivity contribution < 1.29 is 9.90 Å². The molecular formula is C15H21BrN2O2. The first-order valence-electron chi connectivity index (χ1n) is 7.06. The lowest BCUT2D eigenvalue weighted by molar-refractivity contribution is -0.142. The molecule has 0 bridgehead atoms. The van der Waals surface area contributed by atoms with E-state index in [0.717, 1.165) is 36.2 Å². The van der Waals surface area contributed by atoms with Crippen molar-refractivity contribution in [3.63, 3.8) is 0 Å². The monoisotopic (exact) mass is 340 g/mol. The number of carboxylic acids is 1. The molecule has 110 valence electrons. The van der Waals surface area contributed by atoms with Gasteiger partial charge >= 0.3 is 5.97 Å². The van der Waals surface area contributed by atoms with Crippen LogP contribution in [0.2, 0.25) is 0 Å². The van der Waals surface area contributed by atoms with Gasteiger partial charge in [-0.15, -0.1) is 0 Å². The molecule has 1 saturated heterocycles. The summed E-state index contributed by atoms with van der Waals surface area (Å²) >= 11 is 3.48. The second-order valence-electron chi connectivity index (χ2n) is 5.28. The van der Waals surface area contributed by atoms with Gasteiger partial charge in [-0.05, 0) is 60.4 Å². The molecule has 5 heteroatoms. The van der Waals surface area contributed by atoms with Gasteiger partial charge < -0.3 is 15.3 Å². The molecule has 0 amide bonds. The van der Waals surface area contributed by atoms with E-state index >= 15 is 0 Å². The van der Waals surface area contributed by atoms with Gasteiger partial charge in [-0.3, -0.25) is 0 Å². The Morgan fingerprint density at radius 1 is 1.40 bits per heavy atom. The van der Waals surface area contributed by atoms with Crippen LogP contribution in [-0.4, -0.2) is 41.1 Å². The van der Waals surface area contributed by atoms with Gasteiger partial charge in [0.05, 0.1) is 0 Å². The lowest BCUT2D eigenvalue weighted by Crippen LogP contribution is -2.47. The second-order valence-corrected chi connectivity index (χ2v) is 6.13. The third-order valence-electron chi connectivity index (χ3n) is 4.04. The van der Waals surface area contributed by atoms with E-state index in [2.05, 4.69) is 33.1 Å². The number of carbonyl (C=O) groups is 1. The summed E-state index contributed by atoms with van der Waals surface area (Å²) in [6.45, 7) is 4.89. The van der Waals surface area contributed by atoms with Crippen LogP contribution in [-0.2, 0) is 4.79 Å². The van der Waals surface area contributed by atoms with Crippen LogP contribution in [0.1, 0.15) is 26.2 Å². The van der Waals surface area contributed by atoms with E-state index in [-0.39, 0.29) is 0 Å². The van der Waals surface area contributed by atoms with Crippen molar-refractivity contribution in [1.82, 2.24) is 4.90 Å². The van der Waals surface area contributed by atoms with Crippen LogP contribution in [0.3, 0.4) is 0 Å². The van der Waals surface area contributed by atoms with Gasteiger partial charge in [-0.1, -0.05) is 19.1 Å². The summed E-state index contributed by atoms with van der Waals surface area (Å²) in [6, 6.07) is 7.68. The topological polar surface area (TPSA) is 52.6 Å². The Hall–Kier alpha value is -1.07. The average molecular weight is 341 g/mol. The fourth-order valence-corrected chi connectivity index (χ4v) is 3.10. The van der Waals surface area contributed by atoms with Crippen molar-refractivity contribution in [2.24, 2.45) is 0 Å². The minimum absolute atomic E-state index is 0.623. The fourth-order valence-electron chi connectivity index (χ4n) is 2.72. The number of anilines is 1. The fraction of sp³-hybridized carbons (Fsp3) is 0.533. The number of aliphatic carboxylic acids is 1. The Bertz CT molecular complexity index is 481. The van der Waals surface area contributed by atoms with Crippen LogP contribution in [0, 0.1) is 0 Å². The van der Waals surface area contributed by atoms with Crippen molar-refractivity contribution in [1.29, 1.82) is 0 Å². The quantitative estimate of drug-likeness (QED) is 0.883. The molecule has 20 heavy (non-hydrogen) atoms. The maximum Gasteiger partial charge on any atom is 0.329 e. The summed E-state index contributed by atoms with van der Waals surface area (Å²) in [5, 5.41) is 13.0. The van der Waals surface area contributed by atoms with Gasteiger partial charge in [0.15, 0.2) is 0 Å². The number of nitrogens with zero attached hydrogens (tertiary/aromatic N) is 1. The van der Waals surface area contributed by atoms with Gasteiger partial charge in [0.25, 0.3) is 0 Å². The van der Waals surface area contributed by atoms with Gasteiger partial charge in [-0.25, -0.2) is 4.79 Å². The molecule has 1 fully saturated rings. The summed E-state index contributed by atoms with van der Waals surface area (Å²) in [6.07, 6.45) is 2.18. The molecule has 1 aliphatic heterocycles. The van der Waals surface area contributed by atoms with Crippen LogP contribution in [0.5, 0.6) is 0 Å².